The van der Waals surface area contributed by atoms with E-state index in [4.69, 9.17) is 0 Å². The van der Waals surface area contributed by atoms with E-state index in [-0.39, 0.29) is 11.8 Å². The van der Waals surface area contributed by atoms with Crippen molar-refractivity contribution in [2.75, 3.05) is 0 Å². The lowest BCUT2D eigenvalue weighted by Crippen LogP contribution is -2.54. The predicted molar refractivity (Wildman–Crippen MR) is 43.5 cm³/mol. The number of hydrogen-bond acceptors (Lipinski definition) is 2. The van der Waals surface area contributed by atoms with Gasteiger partial charge >= 0.3 is 0 Å². The quantitative estimate of drug-likeness (QED) is 0.585. The van der Waals surface area contributed by atoms with Crippen LogP contribution < -0.4 is 0 Å². The highest BCUT2D eigenvalue weighted by molar-refractivity contribution is 5.85. The fourth-order valence-electron chi connectivity index (χ4n) is 3.71. The summed E-state index contributed by atoms with van der Waals surface area (Å²) in [5, 5.41) is 10.1. The summed E-state index contributed by atoms with van der Waals surface area (Å²) in [6, 6.07) is 0. The highest BCUT2D eigenvalue weighted by Crippen LogP contribution is 2.53. The predicted octanol–water partition coefficient (Wildman–Crippen LogP) is 1.13. The Balaban J connectivity index is 2.00. The number of rotatable bonds is 0. The maximum absolute atomic E-state index is 11.6. The third-order valence-corrected chi connectivity index (χ3v) is 3.96. The van der Waals surface area contributed by atoms with Crippen LogP contribution in [0.5, 0.6) is 0 Å². The summed E-state index contributed by atoms with van der Waals surface area (Å²) in [7, 11) is 0. The average molecular weight is 166 g/mol. The lowest BCUT2D eigenvalue weighted by Gasteiger charge is -2.53. The van der Waals surface area contributed by atoms with Crippen molar-refractivity contribution in [2.45, 2.75) is 37.7 Å². The minimum Gasteiger partial charge on any atom is -0.390 e. The second-order valence-electron chi connectivity index (χ2n) is 4.97. The molecule has 0 aliphatic heterocycles. The molecule has 4 fully saturated rings. The summed E-state index contributed by atoms with van der Waals surface area (Å²) < 4.78 is 0. The molecule has 66 valence electrons. The summed E-state index contributed by atoms with van der Waals surface area (Å²) >= 11 is 0. The van der Waals surface area contributed by atoms with Gasteiger partial charge in [-0.15, -0.1) is 0 Å². The van der Waals surface area contributed by atoms with Crippen molar-refractivity contribution in [2.24, 2.45) is 17.8 Å². The van der Waals surface area contributed by atoms with Crippen molar-refractivity contribution in [1.82, 2.24) is 0 Å². The van der Waals surface area contributed by atoms with Gasteiger partial charge in [-0.25, -0.2) is 0 Å². The lowest BCUT2D eigenvalue weighted by atomic mass is 9.54. The van der Waals surface area contributed by atoms with Gasteiger partial charge in [0.15, 0.2) is 0 Å². The minimum atomic E-state index is -0.440. The number of ketones is 1. The van der Waals surface area contributed by atoms with Gasteiger partial charge in [-0.3, -0.25) is 4.79 Å². The largest absolute Gasteiger partial charge is 0.390 e. The third kappa shape index (κ3) is 0.764. The molecule has 2 heteroatoms. The van der Waals surface area contributed by atoms with Crippen molar-refractivity contribution in [1.29, 1.82) is 0 Å². The molecule has 0 spiro atoms. The first-order chi connectivity index (χ1) is 5.66. The van der Waals surface area contributed by atoms with E-state index in [0.29, 0.717) is 11.7 Å². The van der Waals surface area contributed by atoms with Crippen LogP contribution in [0.15, 0.2) is 0 Å². The van der Waals surface area contributed by atoms with Gasteiger partial charge < -0.3 is 5.11 Å². The monoisotopic (exact) mass is 166 g/mol. The Hall–Kier alpha value is -0.370. The van der Waals surface area contributed by atoms with Gasteiger partial charge in [-0.1, -0.05) is 0 Å². The Morgan fingerprint density at radius 2 is 1.75 bits per heavy atom. The molecule has 0 radical (unpaired) electrons. The van der Waals surface area contributed by atoms with Crippen LogP contribution in [0.3, 0.4) is 0 Å². The molecule has 12 heavy (non-hydrogen) atoms. The van der Waals surface area contributed by atoms with Gasteiger partial charge in [0.1, 0.15) is 5.78 Å². The van der Waals surface area contributed by atoms with E-state index in [1.54, 1.807) is 0 Å². The molecule has 0 amide bonds. The van der Waals surface area contributed by atoms with Crippen molar-refractivity contribution in [3.8, 4) is 0 Å². The lowest BCUT2D eigenvalue weighted by molar-refractivity contribution is -0.161. The molecule has 4 atom stereocenters. The number of Topliss-reactive ketones (excluding diaryl/α,β-unsaturated/α-hetero) is 1. The zero-order valence-corrected chi connectivity index (χ0v) is 7.12. The SMILES string of the molecule is O=C1[C@@H]2C[C@@H]3C[C@H]1C[C@@](O)(C3)C2. The maximum Gasteiger partial charge on any atom is 0.139 e. The summed E-state index contributed by atoms with van der Waals surface area (Å²) in [6.45, 7) is 0. The van der Waals surface area contributed by atoms with Crippen LogP contribution in [0.1, 0.15) is 32.1 Å². The van der Waals surface area contributed by atoms with Crippen molar-refractivity contribution < 1.29 is 9.90 Å². The second-order valence-corrected chi connectivity index (χ2v) is 4.97. The van der Waals surface area contributed by atoms with Crippen LogP contribution in [0.25, 0.3) is 0 Å². The summed E-state index contributed by atoms with van der Waals surface area (Å²) in [5.41, 5.74) is -0.440. The Kier molecular flexibility index (Phi) is 1.13. The van der Waals surface area contributed by atoms with Crippen LogP contribution in [-0.2, 0) is 4.79 Å². The van der Waals surface area contributed by atoms with E-state index in [9.17, 15) is 9.90 Å². The molecular weight excluding hydrogens is 152 g/mol. The Morgan fingerprint density at radius 3 is 2.25 bits per heavy atom. The molecule has 0 aromatic carbocycles. The third-order valence-electron chi connectivity index (χ3n) is 3.96. The van der Waals surface area contributed by atoms with Gasteiger partial charge in [-0.05, 0) is 38.0 Å². The highest BCUT2D eigenvalue weighted by Gasteiger charge is 2.54. The van der Waals surface area contributed by atoms with Crippen LogP contribution >= 0.6 is 0 Å². The average Bonchev–Trinajstić information content (AvgIpc) is 1.96. The second kappa shape index (κ2) is 1.92. The fourth-order valence-corrected chi connectivity index (χ4v) is 3.71. The smallest absolute Gasteiger partial charge is 0.139 e. The Labute approximate surface area is 72.0 Å². The highest BCUT2D eigenvalue weighted by atomic mass is 16.3. The molecule has 0 saturated heterocycles. The maximum atomic E-state index is 11.6. The zero-order chi connectivity index (χ0) is 8.34. The topological polar surface area (TPSA) is 37.3 Å². The molecule has 1 N–H and O–H groups in total. The van der Waals surface area contributed by atoms with Crippen LogP contribution in [0.4, 0.5) is 0 Å². The Morgan fingerprint density at radius 1 is 1.17 bits per heavy atom. The number of carbonyl (C=O) groups is 1. The van der Waals surface area contributed by atoms with E-state index in [0.717, 1.165) is 32.1 Å². The summed E-state index contributed by atoms with van der Waals surface area (Å²) in [6.07, 6.45) is 4.63. The fraction of sp³-hybridized carbons (Fsp3) is 0.900. The molecule has 0 heterocycles. The van der Waals surface area contributed by atoms with Crippen molar-refractivity contribution in [3.63, 3.8) is 0 Å². The molecule has 4 rings (SSSR count). The van der Waals surface area contributed by atoms with Gasteiger partial charge in [-0.2, -0.15) is 0 Å². The summed E-state index contributed by atoms with van der Waals surface area (Å²) in [5.74, 6) is 1.56. The van der Waals surface area contributed by atoms with Gasteiger partial charge in [0.2, 0.25) is 0 Å². The molecule has 4 aliphatic carbocycles. The first-order valence-corrected chi connectivity index (χ1v) is 4.92. The standard InChI is InChI=1S/C10H14O2/c11-9-7-1-6-2-8(9)5-10(12,3-6)4-7/h6-8,12H,1-5H2/t6-,7-,8+,10-. The van der Waals surface area contributed by atoms with Crippen molar-refractivity contribution in [3.05, 3.63) is 0 Å². The molecular formula is C10H14O2. The van der Waals surface area contributed by atoms with Gasteiger partial charge in [0.25, 0.3) is 0 Å². The number of hydrogen-bond donors (Lipinski definition) is 1. The molecule has 4 saturated carbocycles. The molecule has 4 bridgehead atoms. The summed E-state index contributed by atoms with van der Waals surface area (Å²) in [4.78, 5) is 11.6. The minimum absolute atomic E-state index is 0.223. The van der Waals surface area contributed by atoms with Gasteiger partial charge in [0, 0.05) is 11.8 Å². The first-order valence-electron chi connectivity index (χ1n) is 4.92. The van der Waals surface area contributed by atoms with Gasteiger partial charge in [0.05, 0.1) is 5.60 Å². The molecule has 0 unspecified atom stereocenters. The van der Waals surface area contributed by atoms with E-state index >= 15 is 0 Å². The number of aliphatic hydroxyl groups is 1. The molecule has 0 aromatic heterocycles. The van der Waals surface area contributed by atoms with E-state index in [2.05, 4.69) is 0 Å². The normalized spacial score (nSPS) is 56.4. The molecule has 2 nitrogen and oxygen atoms in total. The van der Waals surface area contributed by atoms with Crippen molar-refractivity contribution >= 4 is 5.78 Å². The van der Waals surface area contributed by atoms with E-state index in [1.807, 2.05) is 0 Å². The Bertz CT molecular complexity index is 228. The van der Waals surface area contributed by atoms with E-state index in [1.165, 1.54) is 0 Å². The number of carbonyl (C=O) groups excluding carboxylic acids is 1. The zero-order valence-electron chi connectivity index (χ0n) is 7.12. The molecule has 0 aromatic rings. The van der Waals surface area contributed by atoms with E-state index < -0.39 is 5.60 Å². The van der Waals surface area contributed by atoms with Crippen LogP contribution in [-0.4, -0.2) is 16.5 Å². The molecule has 4 aliphatic rings. The first kappa shape index (κ1) is 7.07. The van der Waals surface area contributed by atoms with Crippen LogP contribution in [0.2, 0.25) is 0 Å². The van der Waals surface area contributed by atoms with Crippen LogP contribution in [0, 0.1) is 17.8 Å².